The fraction of sp³-hybridized carbons (Fsp3) is 0.500. The molecule has 128 valence electrons. The molecule has 6 heteroatoms. The largest absolute Gasteiger partial charge is 0.355 e. The molecule has 0 aliphatic carbocycles. The van der Waals surface area contributed by atoms with E-state index in [1.807, 2.05) is 30.3 Å². The van der Waals surface area contributed by atoms with Gasteiger partial charge in [-0.25, -0.2) is 4.79 Å². The fourth-order valence-electron chi connectivity index (χ4n) is 2.75. The highest BCUT2D eigenvalue weighted by atomic mass is 16.2. The third-order valence-corrected chi connectivity index (χ3v) is 4.39. The number of unbranched alkanes of at least 4 members (excludes halogenated alkanes) is 1. The lowest BCUT2D eigenvalue weighted by atomic mass is 9.79. The van der Waals surface area contributed by atoms with Crippen LogP contribution in [0.3, 0.4) is 0 Å². The lowest BCUT2D eigenvalue weighted by molar-refractivity contribution is -0.130. The van der Waals surface area contributed by atoms with E-state index in [0.29, 0.717) is 32.5 Å². The third-order valence-electron chi connectivity index (χ3n) is 4.39. The number of para-hydroxylation sites is 1. The number of carbonyl (C=O) groups is 2. The summed E-state index contributed by atoms with van der Waals surface area (Å²) in [6, 6.07) is 11.2. The molecule has 0 unspecified atom stereocenters. The van der Waals surface area contributed by atoms with Gasteiger partial charge in [0, 0.05) is 25.3 Å². The normalized spacial score (nSPS) is 16.1. The molecule has 2 N–H and O–H groups in total. The molecule has 3 amide bonds. The first-order valence-electron chi connectivity index (χ1n) is 8.42. The topological polar surface area (TPSA) is 85.2 Å². The van der Waals surface area contributed by atoms with Crippen LogP contribution in [0.1, 0.15) is 32.6 Å². The number of anilines is 1. The molecule has 1 aromatic carbocycles. The molecule has 24 heavy (non-hydrogen) atoms. The Morgan fingerprint density at radius 3 is 2.50 bits per heavy atom. The lowest BCUT2D eigenvalue weighted by Gasteiger charge is -2.36. The molecular weight excluding hydrogens is 304 g/mol. The van der Waals surface area contributed by atoms with Crippen LogP contribution in [0.5, 0.6) is 0 Å². The fourth-order valence-corrected chi connectivity index (χ4v) is 2.75. The van der Waals surface area contributed by atoms with Gasteiger partial charge in [-0.15, -0.1) is 0 Å². The smallest absolute Gasteiger partial charge is 0.321 e. The predicted molar refractivity (Wildman–Crippen MR) is 92.2 cm³/mol. The lowest BCUT2D eigenvalue weighted by Crippen LogP contribution is -2.50. The number of likely N-dealkylation sites (tertiary alicyclic amines) is 1. The van der Waals surface area contributed by atoms with E-state index in [2.05, 4.69) is 23.6 Å². The number of hydrogen-bond donors (Lipinski definition) is 2. The number of urea groups is 1. The average molecular weight is 328 g/mol. The molecule has 0 bridgehead atoms. The minimum atomic E-state index is -1.02. The molecule has 0 radical (unpaired) electrons. The summed E-state index contributed by atoms with van der Waals surface area (Å²) in [7, 11) is 0. The number of piperidine rings is 1. The van der Waals surface area contributed by atoms with E-state index in [9.17, 15) is 14.9 Å². The van der Waals surface area contributed by atoms with Crippen LogP contribution >= 0.6 is 0 Å². The van der Waals surface area contributed by atoms with Gasteiger partial charge in [0.2, 0.25) is 5.91 Å². The number of benzene rings is 1. The van der Waals surface area contributed by atoms with Gasteiger partial charge in [0.05, 0.1) is 6.07 Å². The number of hydrogen-bond acceptors (Lipinski definition) is 3. The summed E-state index contributed by atoms with van der Waals surface area (Å²) >= 11 is 0. The van der Waals surface area contributed by atoms with Crippen molar-refractivity contribution in [2.24, 2.45) is 5.41 Å². The highest BCUT2D eigenvalue weighted by molar-refractivity contribution is 5.90. The Morgan fingerprint density at radius 1 is 1.25 bits per heavy atom. The SMILES string of the molecule is CCCCNC(=O)C1(C#N)CCN(C(=O)Nc2ccccc2)CC1. The number of nitrogens with one attached hydrogen (secondary N) is 2. The van der Waals surface area contributed by atoms with Crippen LogP contribution in [0.15, 0.2) is 30.3 Å². The van der Waals surface area contributed by atoms with Crippen molar-refractivity contribution in [1.82, 2.24) is 10.2 Å². The third kappa shape index (κ3) is 4.25. The Kier molecular flexibility index (Phi) is 6.19. The Labute approximate surface area is 142 Å². The molecule has 0 saturated carbocycles. The first-order valence-corrected chi connectivity index (χ1v) is 8.42. The van der Waals surface area contributed by atoms with Crippen molar-refractivity contribution < 1.29 is 9.59 Å². The molecule has 6 nitrogen and oxygen atoms in total. The van der Waals surface area contributed by atoms with E-state index in [0.717, 1.165) is 18.5 Å². The summed E-state index contributed by atoms with van der Waals surface area (Å²) < 4.78 is 0. The molecule has 0 atom stereocenters. The molecule has 1 heterocycles. The quantitative estimate of drug-likeness (QED) is 0.815. The summed E-state index contributed by atoms with van der Waals surface area (Å²) in [4.78, 5) is 26.3. The molecule has 1 fully saturated rings. The van der Waals surface area contributed by atoms with Gasteiger partial charge in [-0.1, -0.05) is 31.5 Å². The number of amides is 3. The average Bonchev–Trinajstić information content (AvgIpc) is 2.62. The van der Waals surface area contributed by atoms with Crippen LogP contribution in [0.2, 0.25) is 0 Å². The monoisotopic (exact) mass is 328 g/mol. The van der Waals surface area contributed by atoms with Crippen molar-refractivity contribution in [2.75, 3.05) is 25.0 Å². The van der Waals surface area contributed by atoms with Crippen LogP contribution in [0.25, 0.3) is 0 Å². The van der Waals surface area contributed by atoms with Gasteiger partial charge >= 0.3 is 6.03 Å². The highest BCUT2D eigenvalue weighted by Gasteiger charge is 2.42. The van der Waals surface area contributed by atoms with Gasteiger partial charge < -0.3 is 15.5 Å². The van der Waals surface area contributed by atoms with E-state index in [-0.39, 0.29) is 11.9 Å². The Hall–Kier alpha value is -2.55. The van der Waals surface area contributed by atoms with Crippen LogP contribution < -0.4 is 10.6 Å². The van der Waals surface area contributed by atoms with Crippen molar-refractivity contribution in [1.29, 1.82) is 5.26 Å². The number of nitriles is 1. The molecule has 2 rings (SSSR count). The first-order chi connectivity index (χ1) is 11.6. The van der Waals surface area contributed by atoms with E-state index in [4.69, 9.17) is 0 Å². The Bertz CT molecular complexity index is 601. The van der Waals surface area contributed by atoms with Crippen molar-refractivity contribution in [3.63, 3.8) is 0 Å². The summed E-state index contributed by atoms with van der Waals surface area (Å²) in [5, 5.41) is 15.2. The van der Waals surface area contributed by atoms with Gasteiger partial charge in [0.15, 0.2) is 0 Å². The number of rotatable bonds is 5. The second kappa shape index (κ2) is 8.34. The minimum Gasteiger partial charge on any atom is -0.355 e. The maximum absolute atomic E-state index is 12.3. The van der Waals surface area contributed by atoms with Crippen molar-refractivity contribution in [3.05, 3.63) is 30.3 Å². The molecule has 0 aromatic heterocycles. The van der Waals surface area contributed by atoms with Gasteiger partial charge in [-0.05, 0) is 31.4 Å². The first kappa shape index (κ1) is 17.8. The van der Waals surface area contributed by atoms with Gasteiger partial charge in [-0.3, -0.25) is 4.79 Å². The second-order valence-corrected chi connectivity index (χ2v) is 6.09. The summed E-state index contributed by atoms with van der Waals surface area (Å²) in [5.74, 6) is -0.207. The van der Waals surface area contributed by atoms with Crippen LogP contribution in [-0.4, -0.2) is 36.5 Å². The van der Waals surface area contributed by atoms with E-state index in [1.165, 1.54) is 0 Å². The summed E-state index contributed by atoms with van der Waals surface area (Å²) in [5.41, 5.74) is -0.283. The van der Waals surface area contributed by atoms with Crippen molar-refractivity contribution in [2.45, 2.75) is 32.6 Å². The highest BCUT2D eigenvalue weighted by Crippen LogP contribution is 2.31. The van der Waals surface area contributed by atoms with Crippen LogP contribution in [0.4, 0.5) is 10.5 Å². The molecular formula is C18H24N4O2. The zero-order valence-corrected chi connectivity index (χ0v) is 14.0. The van der Waals surface area contributed by atoms with Gasteiger partial charge in [-0.2, -0.15) is 5.26 Å². The van der Waals surface area contributed by atoms with Crippen molar-refractivity contribution >= 4 is 17.6 Å². The number of nitrogens with zero attached hydrogens (tertiary/aromatic N) is 2. The van der Waals surface area contributed by atoms with E-state index >= 15 is 0 Å². The summed E-state index contributed by atoms with van der Waals surface area (Å²) in [6.45, 7) is 3.44. The van der Waals surface area contributed by atoms with Crippen LogP contribution in [-0.2, 0) is 4.79 Å². The maximum Gasteiger partial charge on any atom is 0.321 e. The van der Waals surface area contributed by atoms with Gasteiger partial charge in [0.25, 0.3) is 0 Å². The molecule has 0 spiro atoms. The standard InChI is InChI=1S/C18H24N4O2/c1-2-3-11-20-16(23)18(14-19)9-12-22(13-10-18)17(24)21-15-7-5-4-6-8-15/h4-8H,2-3,9-13H2,1H3,(H,20,23)(H,21,24). The zero-order valence-electron chi connectivity index (χ0n) is 14.0. The van der Waals surface area contributed by atoms with E-state index in [1.54, 1.807) is 4.90 Å². The zero-order chi connectivity index (χ0) is 17.4. The molecule has 1 saturated heterocycles. The maximum atomic E-state index is 12.3. The molecule has 1 aliphatic rings. The second-order valence-electron chi connectivity index (χ2n) is 6.09. The summed E-state index contributed by atoms with van der Waals surface area (Å²) in [6.07, 6.45) is 2.62. The van der Waals surface area contributed by atoms with Gasteiger partial charge in [0.1, 0.15) is 5.41 Å². The van der Waals surface area contributed by atoms with Crippen molar-refractivity contribution in [3.8, 4) is 6.07 Å². The Morgan fingerprint density at radius 2 is 1.92 bits per heavy atom. The van der Waals surface area contributed by atoms with E-state index < -0.39 is 5.41 Å². The molecule has 1 aliphatic heterocycles. The predicted octanol–water partition coefficient (Wildman–Crippen LogP) is 2.74. The van der Waals surface area contributed by atoms with Crippen LogP contribution in [0, 0.1) is 16.7 Å². The molecule has 1 aromatic rings. The Balaban J connectivity index is 1.90. The number of carbonyl (C=O) groups excluding carboxylic acids is 2. The minimum absolute atomic E-state index is 0.195.